The van der Waals surface area contributed by atoms with Crippen molar-refractivity contribution in [1.29, 1.82) is 0 Å². The largest absolute Gasteiger partial charge is 0.454 e. The number of nitrogens with zero attached hydrogens (tertiary/aromatic N) is 1. The second-order valence-corrected chi connectivity index (χ2v) is 6.11. The lowest BCUT2D eigenvalue weighted by Crippen LogP contribution is -2.39. The zero-order valence-electron chi connectivity index (χ0n) is 14.9. The number of anilines is 1. The van der Waals surface area contributed by atoms with Crippen molar-refractivity contribution in [3.63, 3.8) is 0 Å². The Morgan fingerprint density at radius 2 is 1.75 bits per heavy atom. The molecular formula is C19H17F3N2O4. The third-order valence-electron chi connectivity index (χ3n) is 4.11. The van der Waals surface area contributed by atoms with E-state index in [1.54, 1.807) is 18.2 Å². The van der Waals surface area contributed by atoms with E-state index < -0.39 is 23.6 Å². The van der Waals surface area contributed by atoms with Crippen LogP contribution < -0.4 is 19.7 Å². The van der Waals surface area contributed by atoms with Gasteiger partial charge in [0, 0.05) is 19.2 Å². The average Bonchev–Trinajstić information content (AvgIpc) is 3.11. The van der Waals surface area contributed by atoms with Gasteiger partial charge in [0.1, 0.15) is 6.54 Å². The number of ether oxygens (including phenoxy) is 2. The van der Waals surface area contributed by atoms with Crippen molar-refractivity contribution in [2.24, 2.45) is 0 Å². The highest BCUT2D eigenvalue weighted by molar-refractivity contribution is 5.97. The van der Waals surface area contributed by atoms with Gasteiger partial charge < -0.3 is 19.7 Å². The Balaban J connectivity index is 1.62. The van der Waals surface area contributed by atoms with Gasteiger partial charge in [0.05, 0.1) is 5.56 Å². The van der Waals surface area contributed by atoms with Gasteiger partial charge in [-0.05, 0) is 42.0 Å². The van der Waals surface area contributed by atoms with E-state index in [0.717, 1.165) is 34.7 Å². The van der Waals surface area contributed by atoms with Gasteiger partial charge in [-0.3, -0.25) is 9.59 Å². The summed E-state index contributed by atoms with van der Waals surface area (Å²) >= 11 is 0. The fraction of sp³-hybridized carbons (Fsp3) is 0.263. The average molecular weight is 394 g/mol. The highest BCUT2D eigenvalue weighted by Crippen LogP contribution is 2.32. The summed E-state index contributed by atoms with van der Waals surface area (Å²) in [5.74, 6) is 0.299. The summed E-state index contributed by atoms with van der Waals surface area (Å²) < 4.78 is 48.5. The molecule has 2 aromatic carbocycles. The number of halogens is 3. The van der Waals surface area contributed by atoms with Crippen molar-refractivity contribution < 1.29 is 32.2 Å². The minimum Gasteiger partial charge on any atom is -0.454 e. The topological polar surface area (TPSA) is 67.9 Å². The summed E-state index contributed by atoms with van der Waals surface area (Å²) in [5.41, 5.74) is 0.159. The summed E-state index contributed by atoms with van der Waals surface area (Å²) in [6.07, 6.45) is -4.47. The van der Waals surface area contributed by atoms with Crippen molar-refractivity contribution in [2.75, 3.05) is 18.2 Å². The van der Waals surface area contributed by atoms with E-state index in [2.05, 4.69) is 5.32 Å². The number of nitrogens with one attached hydrogen (secondary N) is 1. The molecule has 2 amide bonds. The molecule has 1 heterocycles. The summed E-state index contributed by atoms with van der Waals surface area (Å²) in [4.78, 5) is 25.2. The van der Waals surface area contributed by atoms with Gasteiger partial charge >= 0.3 is 6.18 Å². The number of benzene rings is 2. The lowest BCUT2D eigenvalue weighted by atomic mass is 10.2. The molecule has 2 aromatic rings. The SMILES string of the molecule is CC(=O)N(CC(=O)NCc1ccc2c(c1)OCO2)c1ccc(C(F)(F)F)cc1. The normalized spacial score (nSPS) is 12.6. The monoisotopic (exact) mass is 394 g/mol. The predicted octanol–water partition coefficient (Wildman–Crippen LogP) is 3.10. The second kappa shape index (κ2) is 7.79. The van der Waals surface area contributed by atoms with Crippen LogP contribution in [0.3, 0.4) is 0 Å². The molecule has 1 aliphatic rings. The number of carbonyl (C=O) groups is 2. The highest BCUT2D eigenvalue weighted by atomic mass is 19.4. The van der Waals surface area contributed by atoms with Crippen molar-refractivity contribution in [1.82, 2.24) is 5.32 Å². The maximum absolute atomic E-state index is 12.7. The molecule has 1 N–H and O–H groups in total. The zero-order chi connectivity index (χ0) is 20.3. The van der Waals surface area contributed by atoms with Gasteiger partial charge in [-0.1, -0.05) is 6.07 Å². The van der Waals surface area contributed by atoms with Crippen molar-refractivity contribution in [2.45, 2.75) is 19.6 Å². The Labute approximate surface area is 158 Å². The maximum atomic E-state index is 12.7. The molecule has 0 bridgehead atoms. The van der Waals surface area contributed by atoms with E-state index in [1.165, 1.54) is 6.92 Å². The molecule has 0 aliphatic carbocycles. The first kappa shape index (κ1) is 19.5. The van der Waals surface area contributed by atoms with Crippen LogP contribution in [0.25, 0.3) is 0 Å². The van der Waals surface area contributed by atoms with Gasteiger partial charge in [0.25, 0.3) is 0 Å². The summed E-state index contributed by atoms with van der Waals surface area (Å²) in [5, 5.41) is 2.67. The standard InChI is InChI=1S/C19H17F3N2O4/c1-12(25)24(15-5-3-14(4-6-15)19(20,21)22)10-18(26)23-9-13-2-7-16-17(8-13)28-11-27-16/h2-8H,9-11H2,1H3,(H,23,26). The Morgan fingerprint density at radius 3 is 2.39 bits per heavy atom. The van der Waals surface area contributed by atoms with E-state index in [9.17, 15) is 22.8 Å². The Bertz CT molecular complexity index is 882. The molecule has 0 fully saturated rings. The zero-order valence-corrected chi connectivity index (χ0v) is 14.9. The molecule has 6 nitrogen and oxygen atoms in total. The first-order valence-corrected chi connectivity index (χ1v) is 8.34. The molecule has 0 saturated heterocycles. The molecule has 0 spiro atoms. The van der Waals surface area contributed by atoms with E-state index >= 15 is 0 Å². The van der Waals surface area contributed by atoms with E-state index in [0.29, 0.717) is 11.5 Å². The van der Waals surface area contributed by atoms with Crippen molar-refractivity contribution in [3.05, 3.63) is 53.6 Å². The van der Waals surface area contributed by atoms with Crippen LogP contribution in [-0.2, 0) is 22.3 Å². The van der Waals surface area contributed by atoms with Gasteiger partial charge in [-0.2, -0.15) is 13.2 Å². The van der Waals surface area contributed by atoms with E-state index in [1.807, 2.05) is 0 Å². The van der Waals surface area contributed by atoms with Crippen LogP contribution >= 0.6 is 0 Å². The molecule has 148 valence electrons. The van der Waals surface area contributed by atoms with Crippen LogP contribution in [0, 0.1) is 0 Å². The quantitative estimate of drug-likeness (QED) is 0.846. The number of alkyl halides is 3. The molecule has 3 rings (SSSR count). The second-order valence-electron chi connectivity index (χ2n) is 6.11. The molecular weight excluding hydrogens is 377 g/mol. The third-order valence-corrected chi connectivity index (χ3v) is 4.11. The molecule has 0 atom stereocenters. The first-order chi connectivity index (χ1) is 13.2. The fourth-order valence-electron chi connectivity index (χ4n) is 2.67. The lowest BCUT2D eigenvalue weighted by molar-refractivity contribution is -0.137. The molecule has 9 heteroatoms. The third kappa shape index (κ3) is 4.54. The summed E-state index contributed by atoms with van der Waals surface area (Å²) in [6, 6.07) is 9.30. The highest BCUT2D eigenvalue weighted by Gasteiger charge is 2.30. The van der Waals surface area contributed by atoms with Crippen molar-refractivity contribution in [3.8, 4) is 11.5 Å². The van der Waals surface area contributed by atoms with Gasteiger partial charge in [-0.25, -0.2) is 0 Å². The molecule has 1 aliphatic heterocycles. The van der Waals surface area contributed by atoms with Crippen LogP contribution in [0.5, 0.6) is 11.5 Å². The number of hydrogen-bond donors (Lipinski definition) is 1. The van der Waals surface area contributed by atoms with Crippen LogP contribution in [0.2, 0.25) is 0 Å². The predicted molar refractivity (Wildman–Crippen MR) is 93.9 cm³/mol. The maximum Gasteiger partial charge on any atom is 0.416 e. The molecule has 0 radical (unpaired) electrons. The van der Waals surface area contributed by atoms with Gasteiger partial charge in [-0.15, -0.1) is 0 Å². The molecule has 28 heavy (non-hydrogen) atoms. The number of fused-ring (bicyclic) bond motifs is 1. The van der Waals surface area contributed by atoms with Crippen LogP contribution in [0.1, 0.15) is 18.1 Å². The number of hydrogen-bond acceptors (Lipinski definition) is 4. The van der Waals surface area contributed by atoms with E-state index in [-0.39, 0.29) is 25.6 Å². The fourth-order valence-corrected chi connectivity index (χ4v) is 2.67. The van der Waals surface area contributed by atoms with Gasteiger partial charge in [0.2, 0.25) is 18.6 Å². The van der Waals surface area contributed by atoms with Crippen molar-refractivity contribution >= 4 is 17.5 Å². The lowest BCUT2D eigenvalue weighted by Gasteiger charge is -2.21. The van der Waals surface area contributed by atoms with E-state index in [4.69, 9.17) is 9.47 Å². The molecule has 0 unspecified atom stereocenters. The van der Waals surface area contributed by atoms with Crippen LogP contribution in [0.4, 0.5) is 18.9 Å². The molecule has 0 aromatic heterocycles. The number of carbonyl (C=O) groups excluding carboxylic acids is 2. The van der Waals surface area contributed by atoms with Crippen LogP contribution in [0.15, 0.2) is 42.5 Å². The summed E-state index contributed by atoms with van der Waals surface area (Å²) in [6.45, 7) is 1.27. The molecule has 0 saturated carbocycles. The van der Waals surface area contributed by atoms with Crippen LogP contribution in [-0.4, -0.2) is 25.2 Å². The Kier molecular flexibility index (Phi) is 5.43. The number of rotatable bonds is 5. The Morgan fingerprint density at radius 1 is 1.07 bits per heavy atom. The minimum atomic E-state index is -4.47. The minimum absolute atomic E-state index is 0.145. The summed E-state index contributed by atoms with van der Waals surface area (Å²) in [7, 11) is 0. The first-order valence-electron chi connectivity index (χ1n) is 8.34. The smallest absolute Gasteiger partial charge is 0.416 e. The van der Waals surface area contributed by atoms with Gasteiger partial charge in [0.15, 0.2) is 11.5 Å². The Hall–Kier alpha value is -3.23. The number of amides is 2.